The van der Waals surface area contributed by atoms with Crippen LogP contribution in [0, 0.1) is 0 Å². The van der Waals surface area contributed by atoms with E-state index in [2.05, 4.69) is 42.1 Å². The second-order valence-corrected chi connectivity index (χ2v) is 10.6. The molecule has 2 aliphatic heterocycles. The van der Waals surface area contributed by atoms with Crippen LogP contribution in [0.5, 0.6) is 0 Å². The lowest BCUT2D eigenvalue weighted by Gasteiger charge is -2.43. The summed E-state index contributed by atoms with van der Waals surface area (Å²) in [4.78, 5) is 28.6. The van der Waals surface area contributed by atoms with Crippen molar-refractivity contribution in [3.8, 4) is 0 Å². The number of halogens is 2. The first-order chi connectivity index (χ1) is 18.0. The van der Waals surface area contributed by atoms with E-state index < -0.39 is 0 Å². The van der Waals surface area contributed by atoms with Gasteiger partial charge in [-0.05, 0) is 61.3 Å². The van der Waals surface area contributed by atoms with E-state index in [0.29, 0.717) is 23.2 Å². The number of likely N-dealkylation sites (tertiary alicyclic amines) is 1. The summed E-state index contributed by atoms with van der Waals surface area (Å²) < 4.78 is 0. The molecule has 0 atom stereocenters. The van der Waals surface area contributed by atoms with Crippen molar-refractivity contribution in [2.45, 2.75) is 32.0 Å². The van der Waals surface area contributed by atoms with Gasteiger partial charge in [-0.25, -0.2) is 4.98 Å². The molecule has 194 valence electrons. The first-order valence-corrected chi connectivity index (χ1v) is 13.6. The predicted molar refractivity (Wildman–Crippen MR) is 148 cm³/mol. The van der Waals surface area contributed by atoms with Gasteiger partial charge >= 0.3 is 0 Å². The highest BCUT2D eigenvalue weighted by atomic mass is 35.5. The molecule has 7 nitrogen and oxygen atoms in total. The van der Waals surface area contributed by atoms with Crippen molar-refractivity contribution < 1.29 is 4.79 Å². The van der Waals surface area contributed by atoms with Gasteiger partial charge in [-0.2, -0.15) is 0 Å². The highest BCUT2D eigenvalue weighted by Gasteiger charge is 2.28. The fourth-order valence-corrected chi connectivity index (χ4v) is 5.58. The molecule has 0 bridgehead atoms. The summed E-state index contributed by atoms with van der Waals surface area (Å²) >= 11 is 12.6. The molecule has 0 aliphatic carbocycles. The van der Waals surface area contributed by atoms with E-state index in [1.54, 1.807) is 24.7 Å². The minimum absolute atomic E-state index is 0.197. The molecule has 1 N–H and O–H groups in total. The number of nitrogens with zero attached hydrogens (tertiary/aromatic N) is 5. The molecule has 0 unspecified atom stereocenters. The fraction of sp³-hybridized carbons (Fsp3) is 0.393. The number of amides is 1. The summed E-state index contributed by atoms with van der Waals surface area (Å²) in [6.07, 6.45) is 7.44. The lowest BCUT2D eigenvalue weighted by molar-refractivity contribution is 0.0950. The smallest absolute Gasteiger partial charge is 0.253 e. The number of piperidine rings is 1. The van der Waals surface area contributed by atoms with E-state index in [-0.39, 0.29) is 5.91 Å². The summed E-state index contributed by atoms with van der Waals surface area (Å²) in [6, 6.07) is 14.3. The molecule has 37 heavy (non-hydrogen) atoms. The Labute approximate surface area is 228 Å². The number of benzene rings is 1. The molecule has 3 aromatic rings. The number of piperazine rings is 1. The van der Waals surface area contributed by atoms with Crippen LogP contribution in [0.4, 0.5) is 5.82 Å². The first-order valence-electron chi connectivity index (χ1n) is 12.8. The molecule has 0 radical (unpaired) electrons. The molecule has 0 saturated carbocycles. The van der Waals surface area contributed by atoms with Gasteiger partial charge in [0.05, 0.1) is 10.6 Å². The second kappa shape index (κ2) is 12.2. The van der Waals surface area contributed by atoms with E-state index in [1.165, 1.54) is 18.4 Å². The van der Waals surface area contributed by atoms with Gasteiger partial charge in [0.2, 0.25) is 0 Å². The highest BCUT2D eigenvalue weighted by Crippen LogP contribution is 2.27. The Balaban J connectivity index is 1.08. The van der Waals surface area contributed by atoms with Crippen molar-refractivity contribution in [2.24, 2.45) is 0 Å². The molecule has 0 spiro atoms. The maximum absolute atomic E-state index is 12.6. The molecular formula is C28H32Cl2N6O. The van der Waals surface area contributed by atoms with Crippen molar-refractivity contribution in [3.05, 3.63) is 87.8 Å². The van der Waals surface area contributed by atoms with Crippen molar-refractivity contribution in [1.29, 1.82) is 0 Å². The van der Waals surface area contributed by atoms with Crippen LogP contribution in [0.1, 0.15) is 34.3 Å². The monoisotopic (exact) mass is 538 g/mol. The first kappa shape index (κ1) is 25.9. The zero-order valence-corrected chi connectivity index (χ0v) is 22.3. The Morgan fingerprint density at radius 2 is 1.70 bits per heavy atom. The van der Waals surface area contributed by atoms with Gasteiger partial charge in [-0.3, -0.25) is 19.6 Å². The summed E-state index contributed by atoms with van der Waals surface area (Å²) in [5, 5.41) is 4.20. The largest absolute Gasteiger partial charge is 0.353 e. The van der Waals surface area contributed by atoms with Crippen LogP contribution in [-0.2, 0) is 13.1 Å². The van der Waals surface area contributed by atoms with Crippen molar-refractivity contribution in [1.82, 2.24) is 25.1 Å². The van der Waals surface area contributed by atoms with Gasteiger partial charge in [-0.15, -0.1) is 0 Å². The van der Waals surface area contributed by atoms with Gasteiger partial charge in [0.25, 0.3) is 5.91 Å². The van der Waals surface area contributed by atoms with E-state index in [1.807, 2.05) is 24.3 Å². The van der Waals surface area contributed by atoms with Gasteiger partial charge in [0.1, 0.15) is 5.82 Å². The minimum Gasteiger partial charge on any atom is -0.353 e. The Morgan fingerprint density at radius 1 is 0.946 bits per heavy atom. The second-order valence-electron chi connectivity index (χ2n) is 9.73. The number of hydrogen-bond acceptors (Lipinski definition) is 6. The van der Waals surface area contributed by atoms with Crippen LogP contribution in [0.25, 0.3) is 0 Å². The number of hydrogen-bond donors (Lipinski definition) is 1. The van der Waals surface area contributed by atoms with Crippen LogP contribution < -0.4 is 10.2 Å². The zero-order valence-electron chi connectivity index (χ0n) is 20.8. The number of rotatable bonds is 7. The number of anilines is 1. The standard InChI is InChI=1S/C28H32Cl2N6O/c29-24-5-3-21(4-6-24)20-34-10-7-25(8-11-34)35-12-14-36(15-13-35)27-26(30)16-23(19-32-27)28(37)33-18-22-2-1-9-31-17-22/h1-6,9,16-17,19,25H,7-8,10-15,18,20H2,(H,33,37). The average Bonchev–Trinajstić information content (AvgIpc) is 2.94. The van der Waals surface area contributed by atoms with Crippen LogP contribution in [0.2, 0.25) is 10.0 Å². The van der Waals surface area contributed by atoms with Crippen molar-refractivity contribution in [2.75, 3.05) is 44.2 Å². The Hall–Kier alpha value is -2.71. The van der Waals surface area contributed by atoms with Gasteiger partial charge < -0.3 is 10.2 Å². The third-order valence-corrected chi connectivity index (χ3v) is 7.80. The van der Waals surface area contributed by atoms with E-state index >= 15 is 0 Å². The van der Waals surface area contributed by atoms with Crippen LogP contribution in [0.15, 0.2) is 61.1 Å². The van der Waals surface area contributed by atoms with Crippen LogP contribution in [0.3, 0.4) is 0 Å². The Morgan fingerprint density at radius 3 is 2.38 bits per heavy atom. The topological polar surface area (TPSA) is 64.6 Å². The molecule has 4 heterocycles. The summed E-state index contributed by atoms with van der Waals surface area (Å²) in [5.74, 6) is 0.555. The quantitative estimate of drug-likeness (QED) is 0.477. The van der Waals surface area contributed by atoms with Crippen molar-refractivity contribution >= 4 is 34.9 Å². The molecule has 9 heteroatoms. The molecule has 1 aromatic carbocycles. The lowest BCUT2D eigenvalue weighted by atomic mass is 10.0. The van der Waals surface area contributed by atoms with Gasteiger partial charge in [0, 0.05) is 68.9 Å². The molecule has 5 rings (SSSR count). The zero-order chi connectivity index (χ0) is 25.6. The summed E-state index contributed by atoms with van der Waals surface area (Å²) in [5.41, 5.74) is 2.72. The fourth-order valence-electron chi connectivity index (χ4n) is 5.16. The number of carbonyl (C=O) groups is 1. The third-order valence-electron chi connectivity index (χ3n) is 7.27. The molecular weight excluding hydrogens is 507 g/mol. The molecule has 2 saturated heterocycles. The number of pyridine rings is 2. The molecule has 1 amide bonds. The van der Waals surface area contributed by atoms with Gasteiger partial charge in [-0.1, -0.05) is 41.4 Å². The average molecular weight is 540 g/mol. The van der Waals surface area contributed by atoms with Gasteiger partial charge in [0.15, 0.2) is 0 Å². The van der Waals surface area contributed by atoms with E-state index in [0.717, 1.165) is 62.2 Å². The normalized spacial score (nSPS) is 17.6. The maximum Gasteiger partial charge on any atom is 0.253 e. The Kier molecular flexibility index (Phi) is 8.56. The van der Waals surface area contributed by atoms with Crippen molar-refractivity contribution in [3.63, 3.8) is 0 Å². The minimum atomic E-state index is -0.197. The van der Waals surface area contributed by atoms with Crippen LogP contribution >= 0.6 is 23.2 Å². The predicted octanol–water partition coefficient (Wildman–Crippen LogP) is 4.50. The summed E-state index contributed by atoms with van der Waals surface area (Å²) in [6.45, 7) is 7.37. The van der Waals surface area contributed by atoms with Crippen LogP contribution in [-0.4, -0.2) is 71.0 Å². The van der Waals surface area contributed by atoms with E-state index in [9.17, 15) is 4.79 Å². The number of nitrogens with one attached hydrogen (secondary N) is 1. The Bertz CT molecular complexity index is 1180. The third kappa shape index (κ3) is 6.79. The summed E-state index contributed by atoms with van der Waals surface area (Å²) in [7, 11) is 0. The number of carbonyl (C=O) groups excluding carboxylic acids is 1. The lowest BCUT2D eigenvalue weighted by Crippen LogP contribution is -2.53. The SMILES string of the molecule is O=C(NCc1cccnc1)c1cnc(N2CCN(C3CCN(Cc4ccc(Cl)cc4)CC3)CC2)c(Cl)c1. The number of aromatic nitrogens is 2. The van der Waals surface area contributed by atoms with E-state index in [4.69, 9.17) is 23.2 Å². The maximum atomic E-state index is 12.6. The molecule has 2 aliphatic rings. The highest BCUT2D eigenvalue weighted by molar-refractivity contribution is 6.33. The molecule has 2 fully saturated rings. The molecule has 2 aromatic heterocycles.